The lowest BCUT2D eigenvalue weighted by Crippen LogP contribution is -2.35. The summed E-state index contributed by atoms with van der Waals surface area (Å²) >= 11 is 0. The zero-order chi connectivity index (χ0) is 14.9. The van der Waals surface area contributed by atoms with Crippen molar-refractivity contribution >= 4 is 0 Å². The van der Waals surface area contributed by atoms with Crippen molar-refractivity contribution in [2.24, 2.45) is 0 Å². The van der Waals surface area contributed by atoms with E-state index in [-0.39, 0.29) is 12.4 Å². The summed E-state index contributed by atoms with van der Waals surface area (Å²) in [5.74, 6) is 0. The predicted molar refractivity (Wildman–Crippen MR) is 82.9 cm³/mol. The van der Waals surface area contributed by atoms with E-state index in [2.05, 4.69) is 17.0 Å². The van der Waals surface area contributed by atoms with Crippen molar-refractivity contribution in [1.82, 2.24) is 4.90 Å². The molecule has 0 aliphatic carbocycles. The number of ether oxygens (including phenoxy) is 2. The van der Waals surface area contributed by atoms with E-state index in [9.17, 15) is 5.11 Å². The van der Waals surface area contributed by atoms with Gasteiger partial charge < -0.3 is 14.6 Å². The average Bonchev–Trinajstić information content (AvgIpc) is 2.49. The minimum atomic E-state index is -0.334. The first kappa shape index (κ1) is 16.4. The number of benzene rings is 1. The smallest absolute Gasteiger partial charge is 0.157 e. The first-order valence-electron chi connectivity index (χ1n) is 7.91. The van der Waals surface area contributed by atoms with Gasteiger partial charge >= 0.3 is 0 Å². The third-order valence-corrected chi connectivity index (χ3v) is 3.62. The van der Waals surface area contributed by atoms with E-state index in [1.54, 1.807) is 0 Å². The highest BCUT2D eigenvalue weighted by Gasteiger charge is 2.15. The van der Waals surface area contributed by atoms with E-state index in [0.717, 1.165) is 32.5 Å². The zero-order valence-electron chi connectivity index (χ0n) is 12.9. The highest BCUT2D eigenvalue weighted by molar-refractivity contribution is 5.14. The van der Waals surface area contributed by atoms with Crippen molar-refractivity contribution in [2.45, 2.75) is 45.1 Å². The van der Waals surface area contributed by atoms with Gasteiger partial charge in [-0.1, -0.05) is 30.3 Å². The summed E-state index contributed by atoms with van der Waals surface area (Å²) in [4.78, 5) is 2.23. The van der Waals surface area contributed by atoms with Crippen molar-refractivity contribution in [3.05, 3.63) is 35.9 Å². The van der Waals surface area contributed by atoms with Crippen molar-refractivity contribution in [2.75, 3.05) is 26.3 Å². The van der Waals surface area contributed by atoms with Crippen LogP contribution in [0, 0.1) is 0 Å². The summed E-state index contributed by atoms with van der Waals surface area (Å²) in [7, 11) is 0. The van der Waals surface area contributed by atoms with Gasteiger partial charge in [-0.25, -0.2) is 0 Å². The molecule has 1 aliphatic heterocycles. The number of hydrogen-bond donors (Lipinski definition) is 1. The van der Waals surface area contributed by atoms with Crippen molar-refractivity contribution in [3.8, 4) is 0 Å². The summed E-state index contributed by atoms with van der Waals surface area (Å²) in [6.07, 6.45) is 2.95. The summed E-state index contributed by atoms with van der Waals surface area (Å²) in [5.41, 5.74) is 1.26. The van der Waals surface area contributed by atoms with Crippen LogP contribution in [0.5, 0.6) is 0 Å². The molecule has 0 aromatic heterocycles. The Morgan fingerprint density at radius 3 is 2.81 bits per heavy atom. The number of aliphatic hydroxyl groups is 1. The van der Waals surface area contributed by atoms with Gasteiger partial charge in [-0.15, -0.1) is 0 Å². The van der Waals surface area contributed by atoms with Crippen LogP contribution in [0.25, 0.3) is 0 Å². The summed E-state index contributed by atoms with van der Waals surface area (Å²) in [6.45, 7) is 5.57. The van der Waals surface area contributed by atoms with Crippen LogP contribution in [0.2, 0.25) is 0 Å². The second-order valence-electron chi connectivity index (χ2n) is 5.74. The average molecular weight is 293 g/mol. The molecule has 118 valence electrons. The molecule has 1 aromatic carbocycles. The Hall–Kier alpha value is -0.940. The lowest BCUT2D eigenvalue weighted by Gasteiger charge is -2.26. The van der Waals surface area contributed by atoms with Crippen molar-refractivity contribution in [1.29, 1.82) is 0 Å². The van der Waals surface area contributed by atoms with E-state index in [1.807, 2.05) is 25.1 Å². The molecule has 0 bridgehead atoms. The Morgan fingerprint density at radius 1 is 1.33 bits per heavy atom. The van der Waals surface area contributed by atoms with E-state index in [1.165, 1.54) is 12.0 Å². The van der Waals surface area contributed by atoms with Gasteiger partial charge in [0.2, 0.25) is 0 Å². The van der Waals surface area contributed by atoms with Gasteiger partial charge in [0, 0.05) is 26.2 Å². The van der Waals surface area contributed by atoms with Crippen LogP contribution in [0.15, 0.2) is 30.3 Å². The Labute approximate surface area is 127 Å². The normalized spacial score (nSPS) is 20.6. The maximum absolute atomic E-state index is 9.64. The van der Waals surface area contributed by atoms with Gasteiger partial charge in [-0.2, -0.15) is 0 Å². The molecule has 1 N–H and O–H groups in total. The molecular formula is C17H27NO3. The Balaban J connectivity index is 1.76. The van der Waals surface area contributed by atoms with Gasteiger partial charge in [0.15, 0.2) is 6.29 Å². The summed E-state index contributed by atoms with van der Waals surface area (Å²) < 4.78 is 11.4. The fourth-order valence-electron chi connectivity index (χ4n) is 2.61. The third kappa shape index (κ3) is 6.57. The Kier molecular flexibility index (Phi) is 7.16. The van der Waals surface area contributed by atoms with Gasteiger partial charge in [0.05, 0.1) is 12.7 Å². The molecule has 1 aromatic rings. The largest absolute Gasteiger partial charge is 0.392 e. The van der Waals surface area contributed by atoms with Crippen LogP contribution in [-0.2, 0) is 16.0 Å². The van der Waals surface area contributed by atoms with E-state index in [4.69, 9.17) is 9.47 Å². The van der Waals surface area contributed by atoms with Gasteiger partial charge in [0.1, 0.15) is 0 Å². The molecular weight excluding hydrogens is 266 g/mol. The number of nitrogens with zero attached hydrogens (tertiary/aromatic N) is 1. The molecule has 21 heavy (non-hydrogen) atoms. The van der Waals surface area contributed by atoms with E-state index < -0.39 is 0 Å². The zero-order valence-corrected chi connectivity index (χ0v) is 12.9. The quantitative estimate of drug-likeness (QED) is 0.799. The Morgan fingerprint density at radius 2 is 2.14 bits per heavy atom. The minimum absolute atomic E-state index is 0.0381. The standard InChI is InChI=1S/C17H27NO3/c1-15(19)13-18(14-16-7-3-2-4-8-16)10-12-21-17-9-5-6-11-20-17/h2-4,7-8,15,17,19H,5-6,9-14H2,1H3. The highest BCUT2D eigenvalue weighted by Crippen LogP contribution is 2.13. The molecule has 0 spiro atoms. The van der Waals surface area contributed by atoms with Gasteiger partial charge in [-0.3, -0.25) is 4.90 Å². The van der Waals surface area contributed by atoms with Crippen LogP contribution in [-0.4, -0.2) is 48.7 Å². The molecule has 1 heterocycles. The molecule has 0 amide bonds. The molecule has 1 fully saturated rings. The van der Waals surface area contributed by atoms with Crippen molar-refractivity contribution in [3.63, 3.8) is 0 Å². The molecule has 1 aliphatic rings. The maximum atomic E-state index is 9.64. The first-order valence-corrected chi connectivity index (χ1v) is 7.91. The first-order chi connectivity index (χ1) is 10.2. The maximum Gasteiger partial charge on any atom is 0.157 e. The monoisotopic (exact) mass is 293 g/mol. The number of aliphatic hydroxyl groups excluding tert-OH is 1. The lowest BCUT2D eigenvalue weighted by molar-refractivity contribution is -0.164. The molecule has 0 saturated carbocycles. The summed E-state index contributed by atoms with van der Waals surface area (Å²) in [5, 5.41) is 9.64. The van der Waals surface area contributed by atoms with Gasteiger partial charge in [-0.05, 0) is 31.7 Å². The second kappa shape index (κ2) is 9.15. The third-order valence-electron chi connectivity index (χ3n) is 3.62. The molecule has 1 saturated heterocycles. The van der Waals surface area contributed by atoms with Crippen LogP contribution in [0.3, 0.4) is 0 Å². The molecule has 4 nitrogen and oxygen atoms in total. The highest BCUT2D eigenvalue weighted by atomic mass is 16.7. The lowest BCUT2D eigenvalue weighted by atomic mass is 10.2. The van der Waals surface area contributed by atoms with E-state index in [0.29, 0.717) is 13.2 Å². The fourth-order valence-corrected chi connectivity index (χ4v) is 2.61. The van der Waals surface area contributed by atoms with Gasteiger partial charge in [0.25, 0.3) is 0 Å². The molecule has 2 unspecified atom stereocenters. The van der Waals surface area contributed by atoms with Crippen LogP contribution in [0.1, 0.15) is 31.7 Å². The van der Waals surface area contributed by atoms with Crippen LogP contribution >= 0.6 is 0 Å². The molecule has 2 atom stereocenters. The number of hydrogen-bond acceptors (Lipinski definition) is 4. The molecule has 4 heteroatoms. The molecule has 2 rings (SSSR count). The summed E-state index contributed by atoms with van der Waals surface area (Å²) in [6, 6.07) is 10.3. The van der Waals surface area contributed by atoms with Crippen LogP contribution < -0.4 is 0 Å². The SMILES string of the molecule is CC(O)CN(CCOC1CCCCO1)Cc1ccccc1. The topological polar surface area (TPSA) is 41.9 Å². The fraction of sp³-hybridized carbons (Fsp3) is 0.647. The molecule has 0 radical (unpaired) electrons. The van der Waals surface area contributed by atoms with Crippen molar-refractivity contribution < 1.29 is 14.6 Å². The van der Waals surface area contributed by atoms with Crippen LogP contribution in [0.4, 0.5) is 0 Å². The number of rotatable bonds is 8. The second-order valence-corrected chi connectivity index (χ2v) is 5.74. The minimum Gasteiger partial charge on any atom is -0.392 e. The predicted octanol–water partition coefficient (Wildman–Crippen LogP) is 2.41. The Bertz CT molecular complexity index is 377. The van der Waals surface area contributed by atoms with E-state index >= 15 is 0 Å².